The Bertz CT molecular complexity index is 760. The topological polar surface area (TPSA) is 89.5 Å². The first-order valence-electron chi connectivity index (χ1n) is 7.65. The number of carbonyl (C=O) groups excluding carboxylic acids is 2. The lowest BCUT2D eigenvalue weighted by atomic mass is 10.2. The van der Waals surface area contributed by atoms with E-state index in [1.54, 1.807) is 55.6 Å². The highest BCUT2D eigenvalue weighted by Crippen LogP contribution is 2.23. The molecular weight excluding hydrogens is 322 g/mol. The second-order valence-electron chi connectivity index (χ2n) is 4.79. The van der Waals surface area contributed by atoms with Crippen molar-refractivity contribution in [2.45, 2.75) is 6.92 Å². The summed E-state index contributed by atoms with van der Waals surface area (Å²) in [5.74, 6) is -0.379. The molecule has 0 bridgehead atoms. The number of anilines is 2. The van der Waals surface area contributed by atoms with Crippen molar-refractivity contribution in [2.24, 2.45) is 0 Å². The predicted molar refractivity (Wildman–Crippen MR) is 94.2 cm³/mol. The average Bonchev–Trinajstić information content (AvgIpc) is 2.63. The summed E-state index contributed by atoms with van der Waals surface area (Å²) < 4.78 is 10.1. The van der Waals surface area contributed by atoms with E-state index >= 15 is 0 Å². The molecule has 1 heterocycles. The number of esters is 1. The number of ether oxygens (including phenoxy) is 2. The smallest absolute Gasteiger partial charge is 0.345 e. The zero-order chi connectivity index (χ0) is 18.1. The molecule has 0 fully saturated rings. The monoisotopic (exact) mass is 341 g/mol. The van der Waals surface area contributed by atoms with Crippen molar-refractivity contribution in [3.63, 3.8) is 0 Å². The Morgan fingerprint density at radius 2 is 1.92 bits per heavy atom. The summed E-state index contributed by atoms with van der Waals surface area (Å²) in [5, 5.41) is 5.46. The zero-order valence-corrected chi connectivity index (χ0v) is 14.0. The molecule has 130 valence electrons. The highest BCUT2D eigenvalue weighted by atomic mass is 16.5. The van der Waals surface area contributed by atoms with Crippen LogP contribution in [0.4, 0.5) is 11.5 Å². The fourth-order valence-electron chi connectivity index (χ4n) is 1.96. The molecule has 0 aliphatic rings. The van der Waals surface area contributed by atoms with Crippen molar-refractivity contribution < 1.29 is 19.1 Å². The number of aromatic nitrogens is 1. The van der Waals surface area contributed by atoms with Crippen LogP contribution in [0.15, 0.2) is 60.4 Å². The van der Waals surface area contributed by atoms with Crippen LogP contribution < -0.4 is 15.4 Å². The fraction of sp³-hybridized carbons (Fsp3) is 0.167. The van der Waals surface area contributed by atoms with Gasteiger partial charge in [0, 0.05) is 12.4 Å². The van der Waals surface area contributed by atoms with Gasteiger partial charge < -0.3 is 20.1 Å². The first-order valence-corrected chi connectivity index (χ1v) is 7.65. The average molecular weight is 341 g/mol. The second-order valence-corrected chi connectivity index (χ2v) is 4.79. The predicted octanol–water partition coefficient (Wildman–Crippen LogP) is 2.59. The van der Waals surface area contributed by atoms with Crippen LogP contribution in [-0.4, -0.2) is 30.6 Å². The SMILES string of the molecule is CCOC(=O)/C(=C/Nc1ccccn1)C(=O)Nc1ccccc1OC. The lowest BCUT2D eigenvalue weighted by Gasteiger charge is -2.11. The molecule has 0 unspecified atom stereocenters. The number of pyridine rings is 1. The molecule has 7 nitrogen and oxygen atoms in total. The molecule has 0 atom stereocenters. The number of para-hydroxylation sites is 2. The minimum atomic E-state index is -0.738. The van der Waals surface area contributed by atoms with Gasteiger partial charge in [-0.2, -0.15) is 0 Å². The molecule has 0 saturated heterocycles. The maximum atomic E-state index is 12.5. The van der Waals surface area contributed by atoms with Gasteiger partial charge in [0.1, 0.15) is 17.1 Å². The summed E-state index contributed by atoms with van der Waals surface area (Å²) in [5.41, 5.74) is 0.265. The number of benzene rings is 1. The molecule has 0 saturated carbocycles. The summed E-state index contributed by atoms with van der Waals surface area (Å²) >= 11 is 0. The standard InChI is InChI=1S/C18H19N3O4/c1-3-25-18(23)13(12-20-16-10-6-7-11-19-16)17(22)21-14-8-4-5-9-15(14)24-2/h4-12H,3H2,1-2H3,(H,19,20)(H,21,22)/b13-12+. The quantitative estimate of drug-likeness (QED) is 0.348. The second kappa shape index (κ2) is 9.07. The Morgan fingerprint density at radius 3 is 2.60 bits per heavy atom. The van der Waals surface area contributed by atoms with E-state index in [4.69, 9.17) is 9.47 Å². The number of hydrogen-bond donors (Lipinski definition) is 2. The molecule has 2 aromatic rings. The van der Waals surface area contributed by atoms with Gasteiger partial charge in [-0.3, -0.25) is 4.79 Å². The van der Waals surface area contributed by atoms with Crippen molar-refractivity contribution >= 4 is 23.4 Å². The van der Waals surface area contributed by atoms with Crippen molar-refractivity contribution in [3.05, 3.63) is 60.4 Å². The number of rotatable bonds is 7. The Labute approximate surface area is 145 Å². The Balaban J connectivity index is 2.22. The number of nitrogens with zero attached hydrogens (tertiary/aromatic N) is 1. The minimum absolute atomic E-state index is 0.154. The molecule has 0 aliphatic carbocycles. The van der Waals surface area contributed by atoms with E-state index in [1.165, 1.54) is 13.3 Å². The third-order valence-electron chi connectivity index (χ3n) is 3.12. The van der Waals surface area contributed by atoms with E-state index in [1.807, 2.05) is 0 Å². The van der Waals surface area contributed by atoms with Crippen LogP contribution in [0, 0.1) is 0 Å². The summed E-state index contributed by atoms with van der Waals surface area (Å²) in [6.45, 7) is 1.82. The van der Waals surface area contributed by atoms with Gasteiger partial charge in [0.25, 0.3) is 5.91 Å². The van der Waals surface area contributed by atoms with Gasteiger partial charge in [-0.25, -0.2) is 9.78 Å². The van der Waals surface area contributed by atoms with Crippen molar-refractivity contribution in [2.75, 3.05) is 24.4 Å². The third-order valence-corrected chi connectivity index (χ3v) is 3.12. The van der Waals surface area contributed by atoms with Crippen LogP contribution in [0.3, 0.4) is 0 Å². The molecule has 2 rings (SSSR count). The number of carbonyl (C=O) groups is 2. The summed E-state index contributed by atoms with van der Waals surface area (Å²) in [6.07, 6.45) is 2.86. The molecule has 0 spiro atoms. The maximum absolute atomic E-state index is 12.5. The van der Waals surface area contributed by atoms with Gasteiger partial charge in [-0.05, 0) is 31.2 Å². The molecule has 1 aromatic heterocycles. The molecule has 25 heavy (non-hydrogen) atoms. The number of methoxy groups -OCH3 is 1. The van der Waals surface area contributed by atoms with Crippen LogP contribution >= 0.6 is 0 Å². The summed E-state index contributed by atoms with van der Waals surface area (Å²) in [7, 11) is 1.50. The highest BCUT2D eigenvalue weighted by Gasteiger charge is 2.21. The molecule has 7 heteroatoms. The lowest BCUT2D eigenvalue weighted by molar-refractivity contribution is -0.139. The van der Waals surface area contributed by atoms with Crippen molar-refractivity contribution in [3.8, 4) is 5.75 Å². The van der Waals surface area contributed by atoms with E-state index in [9.17, 15) is 9.59 Å². The maximum Gasteiger partial charge on any atom is 0.345 e. The first kappa shape index (κ1) is 18.0. The van der Waals surface area contributed by atoms with E-state index in [0.29, 0.717) is 17.3 Å². The third kappa shape index (κ3) is 5.07. The fourth-order valence-corrected chi connectivity index (χ4v) is 1.96. The molecule has 1 amide bonds. The van der Waals surface area contributed by atoms with E-state index < -0.39 is 11.9 Å². The summed E-state index contributed by atoms with van der Waals surface area (Å²) in [6, 6.07) is 12.1. The van der Waals surface area contributed by atoms with E-state index in [-0.39, 0.29) is 12.2 Å². The Hall–Kier alpha value is -3.35. The van der Waals surface area contributed by atoms with Crippen LogP contribution in [-0.2, 0) is 14.3 Å². The zero-order valence-electron chi connectivity index (χ0n) is 14.0. The van der Waals surface area contributed by atoms with Gasteiger partial charge >= 0.3 is 5.97 Å². The van der Waals surface area contributed by atoms with Crippen LogP contribution in [0.25, 0.3) is 0 Å². The Kier molecular flexibility index (Phi) is 6.53. The lowest BCUT2D eigenvalue weighted by Crippen LogP contribution is -2.23. The van der Waals surface area contributed by atoms with Gasteiger partial charge in [-0.1, -0.05) is 18.2 Å². The van der Waals surface area contributed by atoms with Crippen LogP contribution in [0.2, 0.25) is 0 Å². The molecule has 0 radical (unpaired) electrons. The highest BCUT2D eigenvalue weighted by molar-refractivity contribution is 6.21. The number of nitrogens with one attached hydrogen (secondary N) is 2. The molecule has 1 aromatic carbocycles. The van der Waals surface area contributed by atoms with Gasteiger partial charge in [0.2, 0.25) is 0 Å². The van der Waals surface area contributed by atoms with E-state index in [2.05, 4.69) is 15.6 Å². The van der Waals surface area contributed by atoms with Crippen molar-refractivity contribution in [1.29, 1.82) is 0 Å². The van der Waals surface area contributed by atoms with Crippen LogP contribution in [0.5, 0.6) is 5.75 Å². The van der Waals surface area contributed by atoms with E-state index in [0.717, 1.165) is 0 Å². The number of hydrogen-bond acceptors (Lipinski definition) is 6. The molecule has 0 aliphatic heterocycles. The van der Waals surface area contributed by atoms with Crippen LogP contribution in [0.1, 0.15) is 6.92 Å². The largest absolute Gasteiger partial charge is 0.495 e. The Morgan fingerprint density at radius 1 is 1.16 bits per heavy atom. The van der Waals surface area contributed by atoms with Crippen molar-refractivity contribution in [1.82, 2.24) is 4.98 Å². The minimum Gasteiger partial charge on any atom is -0.495 e. The van der Waals surface area contributed by atoms with Gasteiger partial charge in [0.05, 0.1) is 19.4 Å². The normalized spacial score (nSPS) is 10.7. The van der Waals surface area contributed by atoms with Gasteiger partial charge in [-0.15, -0.1) is 0 Å². The molecular formula is C18H19N3O4. The summed E-state index contributed by atoms with van der Waals surface area (Å²) in [4.78, 5) is 28.7. The molecule has 2 N–H and O–H groups in total. The number of amides is 1. The van der Waals surface area contributed by atoms with Gasteiger partial charge in [0.15, 0.2) is 0 Å². The first-order chi connectivity index (χ1) is 12.2.